The monoisotopic (exact) mass is 313 g/mol. The molecule has 7 nitrogen and oxygen atoms in total. The molecule has 0 saturated heterocycles. The highest BCUT2D eigenvalue weighted by Gasteiger charge is 2.20. The number of fused-ring (bicyclic) bond motifs is 1. The molecule has 0 atom stereocenters. The number of ether oxygens (including phenoxy) is 1. The fraction of sp³-hybridized carbons (Fsp3) is 0.312. The molecule has 0 unspecified atom stereocenters. The summed E-state index contributed by atoms with van der Waals surface area (Å²) in [6.45, 7) is 7.93. The molecule has 120 valence electrons. The van der Waals surface area contributed by atoms with Crippen molar-refractivity contribution in [2.75, 3.05) is 11.5 Å². The molecule has 3 rings (SSSR count). The smallest absolute Gasteiger partial charge is 0.222 e. The molecular formula is C16H19N5O2. The van der Waals surface area contributed by atoms with Crippen LogP contribution in [-0.4, -0.2) is 15.0 Å². The van der Waals surface area contributed by atoms with E-state index in [1.54, 1.807) is 0 Å². The first-order valence-electron chi connectivity index (χ1n) is 7.33. The van der Waals surface area contributed by atoms with Gasteiger partial charge < -0.3 is 20.6 Å². The molecule has 1 aromatic carbocycles. The third-order valence-corrected chi connectivity index (χ3v) is 3.56. The Balaban J connectivity index is 2.18. The van der Waals surface area contributed by atoms with E-state index in [9.17, 15) is 0 Å². The van der Waals surface area contributed by atoms with Gasteiger partial charge in [0.2, 0.25) is 5.95 Å². The molecule has 0 aliphatic carbocycles. The molecule has 7 heteroatoms. The number of nitrogens with zero attached hydrogens (tertiary/aromatic N) is 3. The van der Waals surface area contributed by atoms with Crippen LogP contribution in [0.1, 0.15) is 36.8 Å². The van der Waals surface area contributed by atoms with Crippen LogP contribution >= 0.6 is 0 Å². The topological polar surface area (TPSA) is 113 Å². The fourth-order valence-electron chi connectivity index (χ4n) is 2.56. The number of anilines is 2. The standard InChI is InChI=1S/C16H19N5O2/c1-7(2)12-10(23-11-6-19-16(18)21-15(11)17)5-8(3)13-14(12)22-9(4)20-13/h5-7H,1-4H3,(H4,17,18,19,21). The summed E-state index contributed by atoms with van der Waals surface area (Å²) in [6, 6.07) is 1.93. The van der Waals surface area contributed by atoms with Gasteiger partial charge in [0.15, 0.2) is 23.0 Å². The molecule has 0 radical (unpaired) electrons. The number of aromatic nitrogens is 3. The molecule has 0 fully saturated rings. The summed E-state index contributed by atoms with van der Waals surface area (Å²) >= 11 is 0. The number of rotatable bonds is 3. The number of oxazole rings is 1. The molecule has 0 amide bonds. The molecule has 0 aliphatic rings. The lowest BCUT2D eigenvalue weighted by molar-refractivity contribution is 0.468. The first kappa shape index (κ1) is 15.1. The van der Waals surface area contributed by atoms with Gasteiger partial charge in [0.1, 0.15) is 11.3 Å². The zero-order chi connectivity index (χ0) is 16.7. The molecule has 0 saturated carbocycles. The van der Waals surface area contributed by atoms with Crippen LogP contribution in [0.3, 0.4) is 0 Å². The van der Waals surface area contributed by atoms with E-state index >= 15 is 0 Å². The second kappa shape index (κ2) is 5.42. The van der Waals surface area contributed by atoms with E-state index in [-0.39, 0.29) is 17.7 Å². The summed E-state index contributed by atoms with van der Waals surface area (Å²) in [5.74, 6) is 2.11. The van der Waals surface area contributed by atoms with Gasteiger partial charge in [-0.3, -0.25) is 0 Å². The molecule has 23 heavy (non-hydrogen) atoms. The predicted octanol–water partition coefficient (Wildman–Crippen LogP) is 3.31. The lowest BCUT2D eigenvalue weighted by Gasteiger charge is -2.15. The molecule has 0 spiro atoms. The number of hydrogen-bond acceptors (Lipinski definition) is 7. The maximum absolute atomic E-state index is 5.96. The largest absolute Gasteiger partial charge is 0.451 e. The van der Waals surface area contributed by atoms with E-state index in [1.807, 2.05) is 19.9 Å². The number of hydrogen-bond donors (Lipinski definition) is 2. The van der Waals surface area contributed by atoms with Gasteiger partial charge in [0.05, 0.1) is 6.20 Å². The van der Waals surface area contributed by atoms with Crippen LogP contribution in [0.15, 0.2) is 16.7 Å². The minimum Gasteiger partial charge on any atom is -0.451 e. The fourth-order valence-corrected chi connectivity index (χ4v) is 2.56. The highest BCUT2D eigenvalue weighted by atomic mass is 16.5. The van der Waals surface area contributed by atoms with Crippen molar-refractivity contribution >= 4 is 22.9 Å². The maximum Gasteiger partial charge on any atom is 0.222 e. The summed E-state index contributed by atoms with van der Waals surface area (Å²) in [6.07, 6.45) is 1.47. The third kappa shape index (κ3) is 2.65. The molecule has 0 bridgehead atoms. The van der Waals surface area contributed by atoms with Crippen molar-refractivity contribution in [1.29, 1.82) is 0 Å². The van der Waals surface area contributed by atoms with Crippen molar-refractivity contribution in [3.8, 4) is 11.5 Å². The summed E-state index contributed by atoms with van der Waals surface area (Å²) in [7, 11) is 0. The van der Waals surface area contributed by atoms with Crippen LogP contribution in [0.4, 0.5) is 11.8 Å². The second-order valence-corrected chi connectivity index (χ2v) is 5.75. The van der Waals surface area contributed by atoms with Crippen LogP contribution in [-0.2, 0) is 0 Å². The average molecular weight is 313 g/mol. The number of nitrogen functional groups attached to an aromatic ring is 2. The van der Waals surface area contributed by atoms with Crippen LogP contribution in [0.25, 0.3) is 11.1 Å². The van der Waals surface area contributed by atoms with Crippen molar-refractivity contribution in [3.63, 3.8) is 0 Å². The molecule has 3 aromatic rings. The van der Waals surface area contributed by atoms with Gasteiger partial charge in [-0.25, -0.2) is 9.97 Å². The van der Waals surface area contributed by atoms with Crippen LogP contribution in [0, 0.1) is 13.8 Å². The second-order valence-electron chi connectivity index (χ2n) is 5.75. The summed E-state index contributed by atoms with van der Waals surface area (Å²) < 4.78 is 11.8. The van der Waals surface area contributed by atoms with Gasteiger partial charge >= 0.3 is 0 Å². The average Bonchev–Trinajstić information content (AvgIpc) is 2.83. The third-order valence-electron chi connectivity index (χ3n) is 3.56. The minimum absolute atomic E-state index is 0.108. The van der Waals surface area contributed by atoms with E-state index in [2.05, 4.69) is 28.8 Å². The SMILES string of the molecule is Cc1nc2c(C)cc(Oc3cnc(N)nc3N)c(C(C)C)c2o1. The van der Waals surface area contributed by atoms with Crippen molar-refractivity contribution in [2.24, 2.45) is 0 Å². The summed E-state index contributed by atoms with van der Waals surface area (Å²) in [5, 5.41) is 0. The predicted molar refractivity (Wildman–Crippen MR) is 88.5 cm³/mol. The zero-order valence-corrected chi connectivity index (χ0v) is 13.5. The summed E-state index contributed by atoms with van der Waals surface area (Å²) in [5.41, 5.74) is 14.9. The normalized spacial score (nSPS) is 11.3. The molecule has 0 aliphatic heterocycles. The van der Waals surface area contributed by atoms with E-state index in [1.165, 1.54) is 6.20 Å². The molecule has 4 N–H and O–H groups in total. The number of aryl methyl sites for hydroxylation is 2. The Morgan fingerprint density at radius 1 is 1.13 bits per heavy atom. The Kier molecular flexibility index (Phi) is 3.55. The highest BCUT2D eigenvalue weighted by Crippen LogP contribution is 2.39. The van der Waals surface area contributed by atoms with Crippen molar-refractivity contribution < 1.29 is 9.15 Å². The molecule has 2 aromatic heterocycles. The van der Waals surface area contributed by atoms with Crippen molar-refractivity contribution in [2.45, 2.75) is 33.6 Å². The van der Waals surface area contributed by atoms with Crippen molar-refractivity contribution in [1.82, 2.24) is 15.0 Å². The van der Waals surface area contributed by atoms with Crippen LogP contribution < -0.4 is 16.2 Å². The van der Waals surface area contributed by atoms with Gasteiger partial charge in [0.25, 0.3) is 0 Å². The maximum atomic E-state index is 5.96. The van der Waals surface area contributed by atoms with E-state index in [0.29, 0.717) is 17.4 Å². The highest BCUT2D eigenvalue weighted by molar-refractivity contribution is 5.83. The Hall–Kier alpha value is -2.83. The Bertz CT molecular complexity index is 886. The van der Waals surface area contributed by atoms with E-state index in [4.69, 9.17) is 20.6 Å². The number of benzene rings is 1. The zero-order valence-electron chi connectivity index (χ0n) is 13.5. The Morgan fingerprint density at radius 2 is 1.87 bits per heavy atom. The quantitative estimate of drug-likeness (QED) is 0.762. The molecular weight excluding hydrogens is 294 g/mol. The summed E-state index contributed by atoms with van der Waals surface area (Å²) in [4.78, 5) is 12.3. The van der Waals surface area contributed by atoms with Gasteiger partial charge in [-0.05, 0) is 24.5 Å². The Morgan fingerprint density at radius 3 is 2.52 bits per heavy atom. The van der Waals surface area contributed by atoms with Gasteiger partial charge in [-0.1, -0.05) is 13.8 Å². The van der Waals surface area contributed by atoms with Gasteiger partial charge in [-0.15, -0.1) is 0 Å². The lowest BCUT2D eigenvalue weighted by Crippen LogP contribution is -2.03. The van der Waals surface area contributed by atoms with Crippen molar-refractivity contribution in [3.05, 3.63) is 29.3 Å². The Labute approximate surface area is 133 Å². The first-order valence-corrected chi connectivity index (χ1v) is 7.33. The van der Waals surface area contributed by atoms with Crippen LogP contribution in [0.5, 0.6) is 11.5 Å². The number of nitrogens with two attached hydrogens (primary N) is 2. The first-order chi connectivity index (χ1) is 10.9. The van der Waals surface area contributed by atoms with Gasteiger partial charge in [0, 0.05) is 12.5 Å². The molecule has 2 heterocycles. The van der Waals surface area contributed by atoms with Gasteiger partial charge in [-0.2, -0.15) is 4.98 Å². The van der Waals surface area contributed by atoms with E-state index < -0.39 is 0 Å². The minimum atomic E-state index is 0.108. The van der Waals surface area contributed by atoms with Crippen LogP contribution in [0.2, 0.25) is 0 Å². The lowest BCUT2D eigenvalue weighted by atomic mass is 9.99. The van der Waals surface area contributed by atoms with E-state index in [0.717, 1.165) is 22.2 Å².